The average Bonchev–Trinajstić information content (AvgIpc) is 2.50. The number of carbonyl (C=O) groups excluding carboxylic acids is 1. The van der Waals surface area contributed by atoms with E-state index in [1.54, 1.807) is 6.07 Å². The van der Waals surface area contributed by atoms with Gasteiger partial charge in [0.2, 0.25) is 0 Å². The Kier molecular flexibility index (Phi) is 4.63. The van der Waals surface area contributed by atoms with Gasteiger partial charge in [0, 0.05) is 13.6 Å². The number of esters is 1. The van der Waals surface area contributed by atoms with Crippen molar-refractivity contribution in [1.29, 1.82) is 0 Å². The molecule has 0 amide bonds. The molecule has 0 radical (unpaired) electrons. The maximum Gasteiger partial charge on any atom is 0.339 e. The molecule has 21 heavy (non-hydrogen) atoms. The molecule has 3 heteroatoms. The van der Waals surface area contributed by atoms with Gasteiger partial charge in [-0.25, -0.2) is 4.79 Å². The second-order valence-corrected chi connectivity index (χ2v) is 5.29. The van der Waals surface area contributed by atoms with Crippen LogP contribution in [0.5, 0.6) is 0 Å². The minimum Gasteiger partial charge on any atom is -0.465 e. The summed E-state index contributed by atoms with van der Waals surface area (Å²) in [6.45, 7) is 4.95. The Morgan fingerprint density at radius 2 is 1.86 bits per heavy atom. The Morgan fingerprint density at radius 3 is 2.57 bits per heavy atom. The molecule has 2 aromatic carbocycles. The van der Waals surface area contributed by atoms with Gasteiger partial charge in [-0.15, -0.1) is 0 Å². The van der Waals surface area contributed by atoms with Crippen molar-refractivity contribution >= 4 is 11.7 Å². The summed E-state index contributed by atoms with van der Waals surface area (Å²) in [7, 11) is 3.40. The molecule has 0 heterocycles. The number of aryl methyl sites for hydroxylation is 2. The molecule has 2 rings (SSSR count). The largest absolute Gasteiger partial charge is 0.465 e. The fourth-order valence-electron chi connectivity index (χ4n) is 2.40. The first kappa shape index (κ1) is 15.1. The zero-order chi connectivity index (χ0) is 15.4. The molecule has 2 aromatic rings. The molecule has 0 atom stereocenters. The predicted molar refractivity (Wildman–Crippen MR) is 85.8 cm³/mol. The molecule has 0 unspecified atom stereocenters. The van der Waals surface area contributed by atoms with Gasteiger partial charge in [0.05, 0.1) is 18.4 Å². The van der Waals surface area contributed by atoms with Crippen LogP contribution in [0.1, 0.15) is 27.0 Å². The van der Waals surface area contributed by atoms with Crippen LogP contribution in [-0.2, 0) is 11.3 Å². The Bertz CT molecular complexity index is 649. The second-order valence-electron chi connectivity index (χ2n) is 5.29. The molecule has 0 spiro atoms. The number of hydrogen-bond acceptors (Lipinski definition) is 3. The first-order valence-electron chi connectivity index (χ1n) is 6.97. The van der Waals surface area contributed by atoms with Gasteiger partial charge in [-0.3, -0.25) is 0 Å². The summed E-state index contributed by atoms with van der Waals surface area (Å²) >= 11 is 0. The summed E-state index contributed by atoms with van der Waals surface area (Å²) in [5.41, 5.74) is 5.23. The van der Waals surface area contributed by atoms with Crippen molar-refractivity contribution in [2.45, 2.75) is 20.4 Å². The predicted octanol–water partition coefficient (Wildman–Crippen LogP) is 3.73. The first-order valence-corrected chi connectivity index (χ1v) is 6.97. The highest BCUT2D eigenvalue weighted by atomic mass is 16.5. The van der Waals surface area contributed by atoms with E-state index in [0.29, 0.717) is 5.56 Å². The number of carbonyl (C=O) groups is 1. The van der Waals surface area contributed by atoms with Gasteiger partial charge >= 0.3 is 5.97 Å². The zero-order valence-electron chi connectivity index (χ0n) is 13.0. The number of anilines is 1. The van der Waals surface area contributed by atoms with Crippen LogP contribution >= 0.6 is 0 Å². The third-order valence-corrected chi connectivity index (χ3v) is 3.63. The average molecular weight is 283 g/mol. The Labute approximate surface area is 126 Å². The summed E-state index contributed by atoms with van der Waals surface area (Å²) < 4.78 is 4.85. The van der Waals surface area contributed by atoms with Crippen molar-refractivity contribution in [3.8, 4) is 0 Å². The number of rotatable bonds is 4. The highest BCUT2D eigenvalue weighted by Gasteiger charge is 2.14. The van der Waals surface area contributed by atoms with Crippen LogP contribution in [0.2, 0.25) is 0 Å². The van der Waals surface area contributed by atoms with E-state index in [9.17, 15) is 4.79 Å². The van der Waals surface area contributed by atoms with E-state index in [-0.39, 0.29) is 5.97 Å². The lowest BCUT2D eigenvalue weighted by atomic mass is 10.0. The summed E-state index contributed by atoms with van der Waals surface area (Å²) in [6, 6.07) is 13.9. The molecule has 3 nitrogen and oxygen atoms in total. The van der Waals surface area contributed by atoms with Crippen LogP contribution in [0, 0.1) is 13.8 Å². The van der Waals surface area contributed by atoms with E-state index < -0.39 is 0 Å². The fraction of sp³-hybridized carbons (Fsp3) is 0.278. The molecule has 0 aliphatic rings. The Hall–Kier alpha value is -2.29. The molecular weight excluding hydrogens is 262 g/mol. The highest BCUT2D eigenvalue weighted by molar-refractivity contribution is 5.95. The van der Waals surface area contributed by atoms with Crippen LogP contribution in [0.25, 0.3) is 0 Å². The van der Waals surface area contributed by atoms with Crippen molar-refractivity contribution < 1.29 is 9.53 Å². The van der Waals surface area contributed by atoms with Crippen molar-refractivity contribution in [2.75, 3.05) is 19.1 Å². The van der Waals surface area contributed by atoms with Crippen LogP contribution < -0.4 is 4.90 Å². The monoisotopic (exact) mass is 283 g/mol. The van der Waals surface area contributed by atoms with E-state index in [4.69, 9.17) is 4.74 Å². The lowest BCUT2D eigenvalue weighted by Gasteiger charge is -2.23. The van der Waals surface area contributed by atoms with Crippen LogP contribution in [0.15, 0.2) is 42.5 Å². The second kappa shape index (κ2) is 6.44. The van der Waals surface area contributed by atoms with Crippen molar-refractivity contribution in [1.82, 2.24) is 0 Å². The minimum absolute atomic E-state index is 0.307. The molecule has 0 aromatic heterocycles. The van der Waals surface area contributed by atoms with Gasteiger partial charge in [-0.1, -0.05) is 35.9 Å². The number of hydrogen-bond donors (Lipinski definition) is 0. The summed E-state index contributed by atoms with van der Waals surface area (Å²) in [6.07, 6.45) is 0. The van der Waals surface area contributed by atoms with Crippen LogP contribution in [0.4, 0.5) is 5.69 Å². The van der Waals surface area contributed by atoms with Gasteiger partial charge in [-0.05, 0) is 37.1 Å². The molecule has 0 aliphatic carbocycles. The maximum absolute atomic E-state index is 11.9. The van der Waals surface area contributed by atoms with Crippen molar-refractivity contribution in [3.05, 3.63) is 64.7 Å². The standard InChI is InChI=1S/C18H21NO2/c1-13-9-10-14(2)15(11-13)12-19(3)17-8-6-5-7-16(17)18(20)21-4/h5-11H,12H2,1-4H3. The van der Waals surface area contributed by atoms with Gasteiger partial charge < -0.3 is 9.64 Å². The molecule has 0 saturated heterocycles. The van der Waals surface area contributed by atoms with E-state index in [2.05, 4.69) is 36.9 Å². The quantitative estimate of drug-likeness (QED) is 0.801. The third-order valence-electron chi connectivity index (χ3n) is 3.63. The molecular formula is C18H21NO2. The molecule has 110 valence electrons. The highest BCUT2D eigenvalue weighted by Crippen LogP contribution is 2.23. The lowest BCUT2D eigenvalue weighted by molar-refractivity contribution is 0.0601. The van der Waals surface area contributed by atoms with Crippen LogP contribution in [0.3, 0.4) is 0 Å². The Morgan fingerprint density at radius 1 is 1.14 bits per heavy atom. The minimum atomic E-state index is -0.307. The smallest absolute Gasteiger partial charge is 0.339 e. The first-order chi connectivity index (χ1) is 10.0. The number of para-hydroxylation sites is 1. The Balaban J connectivity index is 2.30. The summed E-state index contributed by atoms with van der Waals surface area (Å²) in [5, 5.41) is 0. The van der Waals surface area contributed by atoms with Gasteiger partial charge in [0.25, 0.3) is 0 Å². The van der Waals surface area contributed by atoms with Crippen molar-refractivity contribution in [3.63, 3.8) is 0 Å². The lowest BCUT2D eigenvalue weighted by Crippen LogP contribution is -2.20. The summed E-state index contributed by atoms with van der Waals surface area (Å²) in [4.78, 5) is 13.9. The van der Waals surface area contributed by atoms with Gasteiger partial charge in [-0.2, -0.15) is 0 Å². The van der Waals surface area contributed by atoms with Gasteiger partial charge in [0.15, 0.2) is 0 Å². The van der Waals surface area contributed by atoms with E-state index in [1.807, 2.05) is 25.2 Å². The number of methoxy groups -OCH3 is 1. The zero-order valence-corrected chi connectivity index (χ0v) is 13.0. The SMILES string of the molecule is COC(=O)c1ccccc1N(C)Cc1cc(C)ccc1C. The number of nitrogens with zero attached hydrogens (tertiary/aromatic N) is 1. The molecule has 0 N–H and O–H groups in total. The van der Waals surface area contributed by atoms with Gasteiger partial charge in [0.1, 0.15) is 0 Å². The molecule has 0 fully saturated rings. The normalized spacial score (nSPS) is 10.3. The van der Waals surface area contributed by atoms with E-state index in [1.165, 1.54) is 23.8 Å². The number of ether oxygens (including phenoxy) is 1. The molecule has 0 bridgehead atoms. The van der Waals surface area contributed by atoms with E-state index >= 15 is 0 Å². The summed E-state index contributed by atoms with van der Waals surface area (Å²) in [5.74, 6) is -0.307. The van der Waals surface area contributed by atoms with Crippen LogP contribution in [-0.4, -0.2) is 20.1 Å². The molecule has 0 saturated carbocycles. The number of benzene rings is 2. The van der Waals surface area contributed by atoms with Crippen molar-refractivity contribution in [2.24, 2.45) is 0 Å². The molecule has 0 aliphatic heterocycles. The topological polar surface area (TPSA) is 29.5 Å². The maximum atomic E-state index is 11.9. The fourth-order valence-corrected chi connectivity index (χ4v) is 2.40. The van der Waals surface area contributed by atoms with E-state index in [0.717, 1.165) is 12.2 Å². The third kappa shape index (κ3) is 3.43.